The first-order chi connectivity index (χ1) is 12.8. The molecule has 0 aromatic carbocycles. The number of carbonyl (C=O) groups excluding carboxylic acids is 2. The standard InChI is InChI=1S/C18H18FN5O2S/c1-8(2)5-11(16(21)25)23-17-14(19)10-7-22-18(26)13(10)15(24-17)12-4-3-9(6-20)27-12/h3-4,8,11H,5,7H2,1-2H3,(H2,21,25)(H,22,26)(H,23,24). The maximum atomic E-state index is 15.0. The quantitative estimate of drug-likeness (QED) is 0.703. The van der Waals surface area contributed by atoms with E-state index in [-0.39, 0.29) is 35.1 Å². The van der Waals surface area contributed by atoms with Crippen LogP contribution in [0, 0.1) is 23.1 Å². The van der Waals surface area contributed by atoms with Crippen LogP contribution in [0.4, 0.5) is 10.2 Å². The number of pyridine rings is 1. The molecule has 2 aromatic heterocycles. The number of carbonyl (C=O) groups is 2. The minimum absolute atomic E-state index is 0.0338. The van der Waals surface area contributed by atoms with Crippen LogP contribution in [0.25, 0.3) is 10.6 Å². The number of rotatable bonds is 6. The van der Waals surface area contributed by atoms with Gasteiger partial charge in [-0.3, -0.25) is 9.59 Å². The number of nitrogens with one attached hydrogen (secondary N) is 2. The van der Waals surface area contributed by atoms with Crippen LogP contribution in [0.3, 0.4) is 0 Å². The molecule has 3 heterocycles. The molecule has 0 spiro atoms. The largest absolute Gasteiger partial charge is 0.368 e. The van der Waals surface area contributed by atoms with Gasteiger partial charge in [-0.25, -0.2) is 9.37 Å². The second kappa shape index (κ2) is 7.32. The fraction of sp³-hybridized carbons (Fsp3) is 0.333. The van der Waals surface area contributed by atoms with Crippen molar-refractivity contribution in [2.45, 2.75) is 32.9 Å². The minimum Gasteiger partial charge on any atom is -0.368 e. The second-order valence-electron chi connectivity index (χ2n) is 6.66. The van der Waals surface area contributed by atoms with Gasteiger partial charge in [-0.2, -0.15) is 5.26 Å². The molecule has 0 saturated carbocycles. The zero-order chi connectivity index (χ0) is 19.7. The molecule has 3 rings (SSSR count). The number of nitriles is 1. The van der Waals surface area contributed by atoms with Crippen molar-refractivity contribution in [1.29, 1.82) is 5.26 Å². The van der Waals surface area contributed by atoms with Crippen LogP contribution < -0.4 is 16.4 Å². The molecule has 0 aliphatic carbocycles. The number of thiophene rings is 1. The maximum Gasteiger partial charge on any atom is 0.254 e. The highest BCUT2D eigenvalue weighted by Gasteiger charge is 2.31. The van der Waals surface area contributed by atoms with Gasteiger partial charge in [0.15, 0.2) is 11.6 Å². The lowest BCUT2D eigenvalue weighted by atomic mass is 10.0. The Morgan fingerprint density at radius 1 is 1.52 bits per heavy atom. The summed E-state index contributed by atoms with van der Waals surface area (Å²) in [5.74, 6) is -1.68. The highest BCUT2D eigenvalue weighted by Crippen LogP contribution is 2.36. The fourth-order valence-electron chi connectivity index (χ4n) is 2.96. The van der Waals surface area contributed by atoms with Crippen LogP contribution in [0.2, 0.25) is 0 Å². The van der Waals surface area contributed by atoms with Crippen molar-refractivity contribution in [2.24, 2.45) is 11.7 Å². The summed E-state index contributed by atoms with van der Waals surface area (Å²) < 4.78 is 15.0. The summed E-state index contributed by atoms with van der Waals surface area (Å²) in [6.45, 7) is 3.88. The van der Waals surface area contributed by atoms with E-state index in [1.165, 1.54) is 0 Å². The predicted octanol–water partition coefficient (Wildman–Crippen LogP) is 2.38. The molecule has 7 nitrogen and oxygen atoms in total. The molecular formula is C18H18FN5O2S. The van der Waals surface area contributed by atoms with Gasteiger partial charge in [0.1, 0.15) is 17.0 Å². The molecule has 0 radical (unpaired) electrons. The second-order valence-corrected chi connectivity index (χ2v) is 7.75. The third kappa shape index (κ3) is 3.61. The van der Waals surface area contributed by atoms with E-state index >= 15 is 0 Å². The number of aromatic nitrogens is 1. The smallest absolute Gasteiger partial charge is 0.254 e. The molecule has 1 aliphatic heterocycles. The Labute approximate surface area is 159 Å². The van der Waals surface area contributed by atoms with Gasteiger partial charge < -0.3 is 16.4 Å². The summed E-state index contributed by atoms with van der Waals surface area (Å²) in [5.41, 5.74) is 6.06. The Bertz CT molecular complexity index is 963. The van der Waals surface area contributed by atoms with E-state index in [4.69, 9.17) is 11.0 Å². The lowest BCUT2D eigenvalue weighted by Crippen LogP contribution is -2.37. The van der Waals surface area contributed by atoms with Crippen LogP contribution in [0.15, 0.2) is 12.1 Å². The van der Waals surface area contributed by atoms with Crippen molar-refractivity contribution in [2.75, 3.05) is 5.32 Å². The Hall–Kier alpha value is -2.99. The van der Waals surface area contributed by atoms with E-state index < -0.39 is 23.7 Å². The number of primary amides is 1. The van der Waals surface area contributed by atoms with Gasteiger partial charge in [-0.15, -0.1) is 11.3 Å². The molecule has 9 heteroatoms. The Balaban J connectivity index is 2.10. The van der Waals surface area contributed by atoms with Crippen LogP contribution in [-0.4, -0.2) is 22.8 Å². The SMILES string of the molecule is CC(C)CC(Nc1nc(-c2ccc(C#N)s2)c2c(c1F)CNC2=O)C(N)=O. The van der Waals surface area contributed by atoms with E-state index in [1.54, 1.807) is 12.1 Å². The number of hydrogen-bond acceptors (Lipinski definition) is 6. The zero-order valence-electron chi connectivity index (χ0n) is 14.8. The lowest BCUT2D eigenvalue weighted by molar-refractivity contribution is -0.119. The van der Waals surface area contributed by atoms with Crippen molar-refractivity contribution >= 4 is 29.0 Å². The van der Waals surface area contributed by atoms with E-state index in [0.29, 0.717) is 16.2 Å². The molecule has 1 unspecified atom stereocenters. The first-order valence-corrected chi connectivity index (χ1v) is 9.20. The van der Waals surface area contributed by atoms with Gasteiger partial charge in [0.25, 0.3) is 5.91 Å². The predicted molar refractivity (Wildman–Crippen MR) is 99.5 cm³/mol. The van der Waals surface area contributed by atoms with E-state index in [0.717, 1.165) is 11.3 Å². The minimum atomic E-state index is -0.791. The topological polar surface area (TPSA) is 121 Å². The summed E-state index contributed by atoms with van der Waals surface area (Å²) in [6.07, 6.45) is 0.414. The van der Waals surface area contributed by atoms with Crippen molar-refractivity contribution < 1.29 is 14.0 Å². The molecule has 0 saturated heterocycles. The van der Waals surface area contributed by atoms with Gasteiger partial charge in [0.2, 0.25) is 5.91 Å². The molecule has 1 aliphatic rings. The molecule has 1 atom stereocenters. The highest BCUT2D eigenvalue weighted by molar-refractivity contribution is 7.16. The number of amides is 2. The lowest BCUT2D eigenvalue weighted by Gasteiger charge is -2.19. The molecule has 2 aromatic rings. The number of nitrogens with zero attached hydrogens (tertiary/aromatic N) is 2. The average molecular weight is 387 g/mol. The van der Waals surface area contributed by atoms with E-state index in [9.17, 15) is 14.0 Å². The first kappa shape index (κ1) is 18.8. The molecule has 4 N–H and O–H groups in total. The van der Waals surface area contributed by atoms with Crippen molar-refractivity contribution in [1.82, 2.24) is 10.3 Å². The Kier molecular flexibility index (Phi) is 5.10. The molecule has 0 bridgehead atoms. The monoisotopic (exact) mass is 387 g/mol. The zero-order valence-corrected chi connectivity index (χ0v) is 15.6. The number of halogens is 1. The third-order valence-electron chi connectivity index (χ3n) is 4.20. The van der Waals surface area contributed by atoms with E-state index in [2.05, 4.69) is 15.6 Å². The summed E-state index contributed by atoms with van der Waals surface area (Å²) in [7, 11) is 0. The molecule has 27 heavy (non-hydrogen) atoms. The van der Waals surface area contributed by atoms with Gasteiger partial charge >= 0.3 is 0 Å². The van der Waals surface area contributed by atoms with Crippen molar-refractivity contribution in [3.8, 4) is 16.6 Å². The fourth-order valence-corrected chi connectivity index (χ4v) is 3.76. The van der Waals surface area contributed by atoms with Gasteiger partial charge in [0, 0.05) is 12.1 Å². The number of anilines is 1. The molecule has 140 valence electrons. The number of nitrogens with two attached hydrogens (primary N) is 1. The summed E-state index contributed by atoms with van der Waals surface area (Å²) >= 11 is 1.16. The third-order valence-corrected chi connectivity index (χ3v) is 5.20. The van der Waals surface area contributed by atoms with Crippen LogP contribution in [0.5, 0.6) is 0 Å². The van der Waals surface area contributed by atoms with Gasteiger partial charge in [-0.05, 0) is 24.5 Å². The Morgan fingerprint density at radius 3 is 2.85 bits per heavy atom. The average Bonchev–Trinajstić information content (AvgIpc) is 3.23. The molecular weight excluding hydrogens is 369 g/mol. The molecule has 2 amide bonds. The number of fused-ring (bicyclic) bond motifs is 1. The van der Waals surface area contributed by atoms with Crippen LogP contribution in [-0.2, 0) is 11.3 Å². The van der Waals surface area contributed by atoms with Gasteiger partial charge in [0.05, 0.1) is 16.1 Å². The summed E-state index contributed by atoms with van der Waals surface area (Å²) in [4.78, 5) is 29.3. The van der Waals surface area contributed by atoms with Crippen molar-refractivity contribution in [3.05, 3.63) is 34.0 Å². The van der Waals surface area contributed by atoms with Gasteiger partial charge in [-0.1, -0.05) is 13.8 Å². The normalized spacial score (nSPS) is 13.8. The summed E-state index contributed by atoms with van der Waals surface area (Å²) in [6, 6.07) is 4.52. The Morgan fingerprint density at radius 2 is 2.26 bits per heavy atom. The maximum absolute atomic E-state index is 15.0. The first-order valence-electron chi connectivity index (χ1n) is 8.38. The van der Waals surface area contributed by atoms with Crippen LogP contribution in [0.1, 0.15) is 41.1 Å². The van der Waals surface area contributed by atoms with E-state index in [1.807, 2.05) is 19.9 Å². The summed E-state index contributed by atoms with van der Waals surface area (Å²) in [5, 5.41) is 14.4. The van der Waals surface area contributed by atoms with Crippen molar-refractivity contribution in [3.63, 3.8) is 0 Å². The highest BCUT2D eigenvalue weighted by atomic mass is 32.1. The molecule has 0 fully saturated rings. The van der Waals surface area contributed by atoms with Crippen LogP contribution >= 0.6 is 11.3 Å². The number of hydrogen-bond donors (Lipinski definition) is 3.